The lowest BCUT2D eigenvalue weighted by atomic mass is 10.2. The number of thiophene rings is 1. The summed E-state index contributed by atoms with van der Waals surface area (Å²) >= 11 is 1.16. The van der Waals surface area contributed by atoms with Crippen LogP contribution < -0.4 is 26.5 Å². The van der Waals surface area contributed by atoms with E-state index in [0.29, 0.717) is 50.8 Å². The number of hydrogen-bond acceptors (Lipinski definition) is 7. The maximum Gasteiger partial charge on any atom is 0.336 e. The zero-order valence-corrected chi connectivity index (χ0v) is 15.8. The van der Waals surface area contributed by atoms with Gasteiger partial charge in [-0.15, -0.1) is 11.3 Å². The highest BCUT2D eigenvalue weighted by atomic mass is 32.1. The maximum absolute atomic E-state index is 13.3. The fourth-order valence-electron chi connectivity index (χ4n) is 3.44. The number of carbonyl (C=O) groups excluding carboxylic acids is 1. The van der Waals surface area contributed by atoms with Crippen LogP contribution in [0.1, 0.15) is 0 Å². The Morgan fingerprint density at radius 1 is 1.17 bits per heavy atom. The minimum atomic E-state index is -0.691. The van der Waals surface area contributed by atoms with Crippen LogP contribution in [0, 0.1) is 0 Å². The second-order valence-electron chi connectivity index (χ2n) is 6.44. The number of aromatic nitrogens is 3. The van der Waals surface area contributed by atoms with Crippen LogP contribution >= 0.6 is 11.3 Å². The highest BCUT2D eigenvalue weighted by Gasteiger charge is 2.22. The summed E-state index contributed by atoms with van der Waals surface area (Å²) in [6, 6.07) is 8.28. The first-order valence-electron chi connectivity index (χ1n) is 8.76. The van der Waals surface area contributed by atoms with Gasteiger partial charge in [-0.1, -0.05) is 0 Å². The van der Waals surface area contributed by atoms with E-state index in [1.54, 1.807) is 36.5 Å². The Labute approximate surface area is 166 Å². The standard InChI is InChI=1S/C19H14N4O5S/c20-14(24)9-22-15-11-2-1-5-21-17(11)29-16(15)18(25)23(19(22)26)10-3-4-12-13(8-10)28-7-6-27-12/h1-5,8H,6-7,9H2,(H2,20,24). The Kier molecular flexibility index (Phi) is 3.88. The number of primary amides is 1. The van der Waals surface area contributed by atoms with Gasteiger partial charge in [0.05, 0.1) is 11.2 Å². The molecule has 1 aromatic carbocycles. The van der Waals surface area contributed by atoms with Gasteiger partial charge in [0, 0.05) is 17.6 Å². The van der Waals surface area contributed by atoms with Gasteiger partial charge in [-0.05, 0) is 24.3 Å². The van der Waals surface area contributed by atoms with Crippen molar-refractivity contribution in [2.45, 2.75) is 6.54 Å². The number of hydrogen-bond donors (Lipinski definition) is 1. The molecule has 5 rings (SSSR count). The van der Waals surface area contributed by atoms with Crippen molar-refractivity contribution in [2.24, 2.45) is 5.73 Å². The SMILES string of the molecule is NC(=O)Cn1c(=O)n(-c2ccc3c(c2)OCCO3)c(=O)c2sc3ncccc3c21. The normalized spacial score (nSPS) is 13.1. The van der Waals surface area contributed by atoms with Gasteiger partial charge in [0.2, 0.25) is 5.91 Å². The average molecular weight is 410 g/mol. The number of benzene rings is 1. The van der Waals surface area contributed by atoms with E-state index in [9.17, 15) is 14.4 Å². The van der Waals surface area contributed by atoms with Crippen LogP contribution in [0.5, 0.6) is 11.5 Å². The van der Waals surface area contributed by atoms with Crippen LogP contribution in [-0.4, -0.2) is 33.2 Å². The molecule has 29 heavy (non-hydrogen) atoms. The molecule has 0 saturated heterocycles. The van der Waals surface area contributed by atoms with Crippen molar-refractivity contribution in [1.29, 1.82) is 0 Å². The number of nitrogens with two attached hydrogens (primary N) is 1. The predicted molar refractivity (Wildman–Crippen MR) is 107 cm³/mol. The summed E-state index contributed by atoms with van der Waals surface area (Å²) in [4.78, 5) is 43.1. The fraction of sp³-hybridized carbons (Fsp3) is 0.158. The van der Waals surface area contributed by atoms with E-state index >= 15 is 0 Å². The molecule has 1 aliphatic rings. The Hall–Kier alpha value is -3.66. The number of rotatable bonds is 3. The summed E-state index contributed by atoms with van der Waals surface area (Å²) < 4.78 is 13.6. The molecule has 1 aliphatic heterocycles. The maximum atomic E-state index is 13.3. The molecule has 0 unspecified atom stereocenters. The van der Waals surface area contributed by atoms with E-state index < -0.39 is 17.2 Å². The minimum Gasteiger partial charge on any atom is -0.486 e. The molecular weight excluding hydrogens is 396 g/mol. The smallest absolute Gasteiger partial charge is 0.336 e. The van der Waals surface area contributed by atoms with Gasteiger partial charge < -0.3 is 15.2 Å². The van der Waals surface area contributed by atoms with Gasteiger partial charge in [0.1, 0.15) is 29.3 Å². The molecule has 0 saturated carbocycles. The summed E-state index contributed by atoms with van der Waals surface area (Å²) in [6.45, 7) is 0.442. The van der Waals surface area contributed by atoms with Crippen molar-refractivity contribution in [2.75, 3.05) is 13.2 Å². The first-order chi connectivity index (χ1) is 14.0. The lowest BCUT2D eigenvalue weighted by Gasteiger charge is -2.19. The molecule has 2 N–H and O–H groups in total. The second-order valence-corrected chi connectivity index (χ2v) is 7.44. The highest BCUT2D eigenvalue weighted by molar-refractivity contribution is 7.25. The monoisotopic (exact) mass is 410 g/mol. The van der Waals surface area contributed by atoms with Crippen molar-refractivity contribution in [1.82, 2.24) is 14.1 Å². The third-order valence-electron chi connectivity index (χ3n) is 4.63. The molecular formula is C19H14N4O5S. The van der Waals surface area contributed by atoms with E-state index in [4.69, 9.17) is 15.2 Å². The average Bonchev–Trinajstić information content (AvgIpc) is 3.11. The van der Waals surface area contributed by atoms with Crippen LogP contribution in [0.4, 0.5) is 0 Å². The Morgan fingerprint density at radius 2 is 1.97 bits per heavy atom. The zero-order chi connectivity index (χ0) is 20.1. The van der Waals surface area contributed by atoms with Crippen molar-refractivity contribution >= 4 is 37.7 Å². The van der Waals surface area contributed by atoms with Crippen LogP contribution in [0.15, 0.2) is 46.1 Å². The molecule has 4 heterocycles. The van der Waals surface area contributed by atoms with Gasteiger partial charge in [-0.3, -0.25) is 14.2 Å². The number of pyridine rings is 1. The van der Waals surface area contributed by atoms with Crippen molar-refractivity contribution in [3.8, 4) is 17.2 Å². The fourth-order valence-corrected chi connectivity index (χ4v) is 4.52. The van der Waals surface area contributed by atoms with Crippen molar-refractivity contribution in [3.05, 3.63) is 57.4 Å². The summed E-state index contributed by atoms with van der Waals surface area (Å²) in [5.41, 5.74) is 4.90. The van der Waals surface area contributed by atoms with E-state index in [-0.39, 0.29) is 6.54 Å². The molecule has 0 radical (unpaired) electrons. The molecule has 10 heteroatoms. The number of nitrogens with zero attached hydrogens (tertiary/aromatic N) is 3. The number of carbonyl (C=O) groups is 1. The molecule has 0 bridgehead atoms. The minimum absolute atomic E-state index is 0.314. The molecule has 146 valence electrons. The molecule has 0 atom stereocenters. The lowest BCUT2D eigenvalue weighted by Crippen LogP contribution is -2.40. The third kappa shape index (κ3) is 2.68. The summed E-state index contributed by atoms with van der Waals surface area (Å²) in [7, 11) is 0. The molecule has 0 aliphatic carbocycles. The van der Waals surface area contributed by atoms with Crippen LogP contribution in [0.25, 0.3) is 26.1 Å². The molecule has 0 spiro atoms. The second kappa shape index (κ2) is 6.45. The van der Waals surface area contributed by atoms with E-state index in [0.717, 1.165) is 15.9 Å². The zero-order valence-electron chi connectivity index (χ0n) is 15.0. The molecule has 9 nitrogen and oxygen atoms in total. The summed E-state index contributed by atoms with van der Waals surface area (Å²) in [5.74, 6) is 0.293. The van der Waals surface area contributed by atoms with Crippen LogP contribution in [-0.2, 0) is 11.3 Å². The van der Waals surface area contributed by atoms with Crippen molar-refractivity contribution in [3.63, 3.8) is 0 Å². The molecule has 4 aromatic rings. The number of fused-ring (bicyclic) bond motifs is 4. The first kappa shape index (κ1) is 17.4. The molecule has 0 fully saturated rings. The largest absolute Gasteiger partial charge is 0.486 e. The lowest BCUT2D eigenvalue weighted by molar-refractivity contribution is -0.118. The Bertz CT molecular complexity index is 1420. The predicted octanol–water partition coefficient (Wildman–Crippen LogP) is 1.02. The highest BCUT2D eigenvalue weighted by Crippen LogP contribution is 2.32. The van der Waals surface area contributed by atoms with Crippen molar-refractivity contribution < 1.29 is 14.3 Å². The number of ether oxygens (including phenoxy) is 2. The van der Waals surface area contributed by atoms with Gasteiger partial charge in [0.25, 0.3) is 5.56 Å². The van der Waals surface area contributed by atoms with Gasteiger partial charge in [0.15, 0.2) is 11.5 Å². The third-order valence-corrected chi connectivity index (χ3v) is 5.72. The quantitative estimate of drug-likeness (QED) is 0.539. The van der Waals surface area contributed by atoms with E-state index in [2.05, 4.69) is 4.98 Å². The van der Waals surface area contributed by atoms with E-state index in [1.165, 1.54) is 4.57 Å². The van der Waals surface area contributed by atoms with Crippen LogP contribution in [0.3, 0.4) is 0 Å². The molecule has 3 aromatic heterocycles. The topological polar surface area (TPSA) is 118 Å². The van der Waals surface area contributed by atoms with Crippen LogP contribution in [0.2, 0.25) is 0 Å². The van der Waals surface area contributed by atoms with Gasteiger partial charge >= 0.3 is 5.69 Å². The van der Waals surface area contributed by atoms with E-state index in [1.807, 2.05) is 0 Å². The molecule has 1 amide bonds. The van der Waals surface area contributed by atoms with Gasteiger partial charge in [-0.25, -0.2) is 14.3 Å². The summed E-state index contributed by atoms with van der Waals surface area (Å²) in [6.07, 6.45) is 1.60. The van der Waals surface area contributed by atoms with Gasteiger partial charge in [-0.2, -0.15) is 0 Å². The Balaban J connectivity index is 1.87. The Morgan fingerprint density at radius 3 is 2.76 bits per heavy atom. The summed E-state index contributed by atoms with van der Waals surface area (Å²) in [5, 5.41) is 0.622. The number of amides is 1. The first-order valence-corrected chi connectivity index (χ1v) is 9.57.